The van der Waals surface area contributed by atoms with E-state index < -0.39 is 0 Å². The van der Waals surface area contributed by atoms with E-state index in [1.165, 1.54) is 0 Å². The Morgan fingerprint density at radius 2 is 1.93 bits per heavy atom. The van der Waals surface area contributed by atoms with E-state index in [4.69, 9.17) is 4.74 Å². The van der Waals surface area contributed by atoms with Gasteiger partial charge in [-0.1, -0.05) is 18.2 Å². The van der Waals surface area contributed by atoms with Gasteiger partial charge in [0.15, 0.2) is 0 Å². The summed E-state index contributed by atoms with van der Waals surface area (Å²) in [7, 11) is 1.58. The maximum absolute atomic E-state index is 12.4. The minimum atomic E-state index is -0.219. The van der Waals surface area contributed by atoms with Crippen LogP contribution in [-0.4, -0.2) is 18.0 Å². The van der Waals surface area contributed by atoms with Gasteiger partial charge in [0.05, 0.1) is 18.4 Å². The van der Waals surface area contributed by atoms with Gasteiger partial charge in [0.2, 0.25) is 0 Å². The zero-order valence-corrected chi connectivity index (χ0v) is 14.7. The summed E-state index contributed by atoms with van der Waals surface area (Å²) in [4.78, 5) is 16.6. The number of rotatable bonds is 5. The van der Waals surface area contributed by atoms with Crippen LogP contribution in [0, 0.1) is 11.3 Å². The van der Waals surface area contributed by atoms with Gasteiger partial charge in [-0.3, -0.25) is 9.78 Å². The third-order valence-corrected chi connectivity index (χ3v) is 3.87. The van der Waals surface area contributed by atoms with Crippen molar-refractivity contribution in [2.24, 2.45) is 0 Å². The minimum Gasteiger partial charge on any atom is -0.497 e. The SMILES string of the molecule is COc1ccc(C(=O)Nc2cccc(/C=C(\C#N)c3ccccn3)c2)cc1. The number of nitrogens with one attached hydrogen (secondary N) is 1. The summed E-state index contributed by atoms with van der Waals surface area (Å²) < 4.78 is 5.10. The maximum atomic E-state index is 12.4. The van der Waals surface area contributed by atoms with Crippen molar-refractivity contribution in [3.63, 3.8) is 0 Å². The number of carbonyl (C=O) groups excluding carboxylic acids is 1. The van der Waals surface area contributed by atoms with Crippen LogP contribution in [0.1, 0.15) is 21.6 Å². The molecule has 0 aliphatic carbocycles. The molecule has 132 valence electrons. The highest BCUT2D eigenvalue weighted by Crippen LogP contribution is 2.19. The summed E-state index contributed by atoms with van der Waals surface area (Å²) in [5.74, 6) is 0.473. The summed E-state index contributed by atoms with van der Waals surface area (Å²) in [5, 5.41) is 12.3. The van der Waals surface area contributed by atoms with Crippen molar-refractivity contribution >= 4 is 23.2 Å². The van der Waals surface area contributed by atoms with E-state index >= 15 is 0 Å². The van der Waals surface area contributed by atoms with Crippen molar-refractivity contribution in [1.82, 2.24) is 4.98 Å². The number of benzene rings is 2. The summed E-state index contributed by atoms with van der Waals surface area (Å²) in [6.07, 6.45) is 3.39. The number of ether oxygens (including phenoxy) is 1. The van der Waals surface area contributed by atoms with Crippen molar-refractivity contribution in [2.45, 2.75) is 0 Å². The van der Waals surface area contributed by atoms with Gasteiger partial charge in [-0.25, -0.2) is 0 Å². The minimum absolute atomic E-state index is 0.219. The number of methoxy groups -OCH3 is 1. The lowest BCUT2D eigenvalue weighted by molar-refractivity contribution is 0.102. The fraction of sp³-hybridized carbons (Fsp3) is 0.0455. The van der Waals surface area contributed by atoms with Crippen LogP contribution in [0.15, 0.2) is 72.9 Å². The normalized spacial score (nSPS) is 10.7. The quantitative estimate of drug-likeness (QED) is 0.688. The molecule has 0 unspecified atom stereocenters. The lowest BCUT2D eigenvalue weighted by atomic mass is 10.1. The second kappa shape index (κ2) is 8.45. The van der Waals surface area contributed by atoms with Crippen molar-refractivity contribution in [3.8, 4) is 11.8 Å². The first-order chi connectivity index (χ1) is 13.2. The average Bonchev–Trinajstić information content (AvgIpc) is 2.73. The van der Waals surface area contributed by atoms with E-state index in [2.05, 4.69) is 16.4 Å². The summed E-state index contributed by atoms with van der Waals surface area (Å²) >= 11 is 0. The number of hydrogen-bond donors (Lipinski definition) is 1. The number of pyridine rings is 1. The molecule has 0 aliphatic rings. The van der Waals surface area contributed by atoms with Crippen molar-refractivity contribution in [1.29, 1.82) is 5.26 Å². The second-order valence-electron chi connectivity index (χ2n) is 5.69. The Morgan fingerprint density at radius 1 is 1.11 bits per heavy atom. The molecule has 0 atom stereocenters. The topological polar surface area (TPSA) is 75.0 Å². The maximum Gasteiger partial charge on any atom is 0.255 e. The molecule has 0 saturated carbocycles. The average molecular weight is 355 g/mol. The van der Waals surface area contributed by atoms with Crippen molar-refractivity contribution in [2.75, 3.05) is 12.4 Å². The van der Waals surface area contributed by atoms with Crippen LogP contribution in [0.4, 0.5) is 5.69 Å². The summed E-state index contributed by atoms with van der Waals surface area (Å²) in [5.41, 5.74) is 3.03. The molecule has 0 spiro atoms. The number of aromatic nitrogens is 1. The first kappa shape index (κ1) is 17.9. The number of hydrogen-bond acceptors (Lipinski definition) is 4. The largest absolute Gasteiger partial charge is 0.497 e. The Balaban J connectivity index is 1.80. The lowest BCUT2D eigenvalue weighted by Crippen LogP contribution is -2.11. The third-order valence-electron chi connectivity index (χ3n) is 3.87. The molecule has 2 aromatic carbocycles. The summed E-state index contributed by atoms with van der Waals surface area (Å²) in [6.45, 7) is 0. The van der Waals surface area contributed by atoms with Gasteiger partial charge in [0, 0.05) is 17.4 Å². The van der Waals surface area contributed by atoms with E-state index in [-0.39, 0.29) is 5.91 Å². The highest BCUT2D eigenvalue weighted by molar-refractivity contribution is 6.04. The Labute approximate surface area is 157 Å². The Hall–Kier alpha value is -3.91. The van der Waals surface area contributed by atoms with Gasteiger partial charge >= 0.3 is 0 Å². The zero-order valence-electron chi connectivity index (χ0n) is 14.7. The van der Waals surface area contributed by atoms with Crippen LogP contribution in [-0.2, 0) is 0 Å². The Bertz CT molecular complexity index is 1000. The van der Waals surface area contributed by atoms with Gasteiger partial charge in [-0.05, 0) is 60.2 Å². The standard InChI is InChI=1S/C22H17N3O2/c1-27-20-10-8-17(9-11-20)22(26)25-19-6-4-5-16(14-19)13-18(15-23)21-7-2-3-12-24-21/h2-14H,1H3,(H,25,26)/b18-13+. The number of nitriles is 1. The fourth-order valence-corrected chi connectivity index (χ4v) is 2.50. The highest BCUT2D eigenvalue weighted by Gasteiger charge is 2.07. The highest BCUT2D eigenvalue weighted by atomic mass is 16.5. The molecule has 5 nitrogen and oxygen atoms in total. The molecular weight excluding hydrogens is 338 g/mol. The van der Waals surface area contributed by atoms with Gasteiger partial charge < -0.3 is 10.1 Å². The predicted molar refractivity (Wildman–Crippen MR) is 105 cm³/mol. The van der Waals surface area contributed by atoms with Crippen LogP contribution >= 0.6 is 0 Å². The smallest absolute Gasteiger partial charge is 0.255 e. The molecule has 1 amide bonds. The van der Waals surface area contributed by atoms with E-state index in [9.17, 15) is 10.1 Å². The number of amides is 1. The Kier molecular flexibility index (Phi) is 5.60. The van der Waals surface area contributed by atoms with Crippen LogP contribution < -0.4 is 10.1 Å². The number of carbonyl (C=O) groups is 1. The molecule has 0 saturated heterocycles. The first-order valence-corrected chi connectivity index (χ1v) is 8.28. The molecule has 5 heteroatoms. The van der Waals surface area contributed by atoms with Gasteiger partial charge in [-0.15, -0.1) is 0 Å². The molecule has 0 radical (unpaired) electrons. The van der Waals surface area contributed by atoms with Gasteiger partial charge in [0.25, 0.3) is 5.91 Å². The van der Waals surface area contributed by atoms with Crippen LogP contribution in [0.2, 0.25) is 0 Å². The molecule has 1 aromatic heterocycles. The van der Waals surface area contributed by atoms with Crippen molar-refractivity contribution in [3.05, 3.63) is 89.7 Å². The van der Waals surface area contributed by atoms with Crippen LogP contribution in [0.5, 0.6) is 5.75 Å². The van der Waals surface area contributed by atoms with E-state index in [1.54, 1.807) is 61.8 Å². The number of allylic oxidation sites excluding steroid dienone is 1. The molecule has 27 heavy (non-hydrogen) atoms. The molecule has 3 aromatic rings. The number of anilines is 1. The first-order valence-electron chi connectivity index (χ1n) is 8.28. The molecule has 0 aliphatic heterocycles. The lowest BCUT2D eigenvalue weighted by Gasteiger charge is -2.07. The molecule has 0 fully saturated rings. The monoisotopic (exact) mass is 355 g/mol. The zero-order chi connectivity index (χ0) is 19.1. The van der Waals surface area contributed by atoms with Crippen LogP contribution in [0.25, 0.3) is 11.6 Å². The van der Waals surface area contributed by atoms with E-state index in [0.717, 1.165) is 5.56 Å². The molecule has 3 rings (SSSR count). The molecule has 0 bridgehead atoms. The van der Waals surface area contributed by atoms with E-state index in [0.29, 0.717) is 28.3 Å². The van der Waals surface area contributed by atoms with Gasteiger partial charge in [-0.2, -0.15) is 5.26 Å². The van der Waals surface area contributed by atoms with Crippen molar-refractivity contribution < 1.29 is 9.53 Å². The number of nitrogens with zero attached hydrogens (tertiary/aromatic N) is 2. The predicted octanol–water partition coefficient (Wildman–Crippen LogP) is 4.41. The molecule has 1 N–H and O–H groups in total. The van der Waals surface area contributed by atoms with E-state index in [1.807, 2.05) is 24.3 Å². The second-order valence-corrected chi connectivity index (χ2v) is 5.69. The summed E-state index contributed by atoms with van der Waals surface area (Å²) in [6, 6.07) is 21.7. The third kappa shape index (κ3) is 4.59. The Morgan fingerprint density at radius 3 is 2.59 bits per heavy atom. The fourth-order valence-electron chi connectivity index (χ4n) is 2.50. The van der Waals surface area contributed by atoms with Gasteiger partial charge in [0.1, 0.15) is 11.8 Å². The molecule has 1 heterocycles. The molecular formula is C22H17N3O2. The van der Waals surface area contributed by atoms with Crippen LogP contribution in [0.3, 0.4) is 0 Å².